The highest BCUT2D eigenvalue weighted by atomic mass is 35.5. The van der Waals surface area contributed by atoms with Gasteiger partial charge in [-0.15, -0.1) is 15.7 Å². The topological polar surface area (TPSA) is 164 Å². The van der Waals surface area contributed by atoms with Crippen LogP contribution in [0.5, 0.6) is 0 Å². The van der Waals surface area contributed by atoms with Gasteiger partial charge >= 0.3 is 11.2 Å². The van der Waals surface area contributed by atoms with Gasteiger partial charge in [0.15, 0.2) is 10.9 Å². The van der Waals surface area contributed by atoms with Gasteiger partial charge in [0.25, 0.3) is 31.2 Å². The summed E-state index contributed by atoms with van der Waals surface area (Å²) in [5.74, 6) is 0.364. The first-order valence-electron chi connectivity index (χ1n) is 30.7. The number of likely N-dealkylation sites (tertiary alicyclic amines) is 2. The molecule has 468 valence electrons. The first-order chi connectivity index (χ1) is 41.8. The van der Waals surface area contributed by atoms with E-state index < -0.39 is 47.0 Å². The van der Waals surface area contributed by atoms with Crippen LogP contribution in [-0.2, 0) is 31.0 Å². The molecule has 4 fully saturated rings. The van der Waals surface area contributed by atoms with Crippen LogP contribution in [0.1, 0.15) is 80.6 Å². The number of halogens is 4. The first kappa shape index (κ1) is 63.3. The zero-order chi connectivity index (χ0) is 60.9. The minimum Gasteiger partial charge on any atom is -0.380 e. The van der Waals surface area contributed by atoms with Crippen LogP contribution in [0.25, 0.3) is 5.57 Å². The molecule has 87 heavy (non-hydrogen) atoms. The number of aromatic amines is 1. The predicted molar refractivity (Wildman–Crippen MR) is 336 cm³/mol. The number of piperazine rings is 1. The fourth-order valence-corrected chi connectivity index (χ4v) is 18.5. The van der Waals surface area contributed by atoms with Gasteiger partial charge in [-0.1, -0.05) is 54.4 Å². The van der Waals surface area contributed by atoms with Crippen LogP contribution in [0.3, 0.4) is 0 Å². The van der Waals surface area contributed by atoms with Gasteiger partial charge in [-0.25, -0.2) is 17.9 Å². The number of aromatic nitrogens is 2. The molecule has 0 radical (unpaired) electrons. The minimum absolute atomic E-state index is 0.0524. The Morgan fingerprint density at radius 2 is 1.53 bits per heavy atom. The summed E-state index contributed by atoms with van der Waals surface area (Å²) in [4.78, 5) is 51.6. The number of carbonyl (C=O) groups is 1. The number of anilines is 1. The van der Waals surface area contributed by atoms with Gasteiger partial charge in [0.05, 0.1) is 17.3 Å². The molecule has 3 atom stereocenters. The Labute approximate surface area is 518 Å². The number of benzene rings is 4. The van der Waals surface area contributed by atoms with E-state index in [1.807, 2.05) is 42.5 Å². The van der Waals surface area contributed by atoms with Gasteiger partial charge in [0.1, 0.15) is 0 Å². The lowest BCUT2D eigenvalue weighted by atomic mass is 9.71. The number of hydrogen-bond acceptors (Lipinski definition) is 13. The Kier molecular flexibility index (Phi) is 20.0. The molecule has 11 rings (SSSR count). The standard InChI is InChI=1S/C64H79ClF3N9O7S3/c1-63(46-74-29-21-47(22-30-74)42-72-27-19-48(20-28-72)43-76-32-24-60(78)69-62(76)80)25-18-57(49-8-12-52(65)13-9-49)51(41-63)44-73-33-35-75(36-34-73)53-14-10-50(11-15-53)61(79)70-87(82,83)56-16-17-58-59(40-56)86(81,64(66,67)68)77(58)54(45-85-55-6-3-2-4-7-55)23-31-71-26-5-38-84-39-37-71/h2-4,6-17,24,32,40,47-48,54H,5,18-23,25-31,33-39,41-46H2,1H3,(H-,69,70,78,79,80)/p+1/t54-,63-,86?/m1/s1. The van der Waals surface area contributed by atoms with Crippen LogP contribution in [-0.4, -0.2) is 174 Å². The summed E-state index contributed by atoms with van der Waals surface area (Å²) in [5.41, 5.74) is -0.691. The molecule has 4 aromatic carbocycles. The van der Waals surface area contributed by atoms with Crippen molar-refractivity contribution < 1.29 is 39.3 Å². The van der Waals surface area contributed by atoms with E-state index in [1.54, 1.807) is 35.0 Å². The molecule has 5 aromatic rings. The number of piperidine rings is 2. The summed E-state index contributed by atoms with van der Waals surface area (Å²) in [6.07, 6.45) is 10.3. The Morgan fingerprint density at radius 1 is 0.828 bits per heavy atom. The third-order valence-corrected chi connectivity index (χ3v) is 23.9. The second-order valence-corrected chi connectivity index (χ2v) is 30.4. The highest BCUT2D eigenvalue weighted by Crippen LogP contribution is 2.49. The van der Waals surface area contributed by atoms with Crippen molar-refractivity contribution >= 4 is 66.0 Å². The van der Waals surface area contributed by atoms with E-state index >= 15 is 13.2 Å². The van der Waals surface area contributed by atoms with Crippen LogP contribution in [0.2, 0.25) is 5.02 Å². The number of carbonyl (C=O) groups excluding carboxylic acids is 1. The number of fused-ring (bicyclic) bond motifs is 1. The van der Waals surface area contributed by atoms with Gasteiger partial charge < -0.3 is 28.9 Å². The second kappa shape index (κ2) is 27.4. The van der Waals surface area contributed by atoms with Gasteiger partial charge in [-0.05, 0) is 167 Å². The Balaban J connectivity index is 0.684. The fourth-order valence-electron chi connectivity index (χ4n) is 13.8. The number of nitrogens with one attached hydrogen (secondary N) is 2. The van der Waals surface area contributed by atoms with E-state index in [2.05, 4.69) is 53.3 Å². The van der Waals surface area contributed by atoms with E-state index in [0.717, 1.165) is 138 Å². The largest absolute Gasteiger partial charge is 0.521 e. The molecule has 16 nitrogen and oxygen atoms in total. The van der Waals surface area contributed by atoms with Crippen LogP contribution >= 0.6 is 23.4 Å². The van der Waals surface area contributed by atoms with Crippen LogP contribution in [0, 0.1) is 17.3 Å². The zero-order valence-electron chi connectivity index (χ0n) is 49.4. The van der Waals surface area contributed by atoms with Crippen molar-refractivity contribution in [3.63, 3.8) is 0 Å². The van der Waals surface area contributed by atoms with Crippen LogP contribution in [0.4, 0.5) is 24.5 Å². The van der Waals surface area contributed by atoms with Crippen molar-refractivity contribution in [3.8, 4) is 0 Å². The predicted octanol–water partition coefficient (Wildman–Crippen LogP) is 9.48. The molecule has 4 saturated heterocycles. The lowest BCUT2D eigenvalue weighted by molar-refractivity contribution is -0.476. The number of nitrogens with zero attached hydrogens (tertiary/aromatic N) is 7. The maximum absolute atomic E-state index is 15.2. The first-order valence-corrected chi connectivity index (χ1v) is 35.0. The number of hydrogen-bond donors (Lipinski definition) is 2. The third-order valence-electron chi connectivity index (χ3n) is 18.6. The van der Waals surface area contributed by atoms with Crippen LogP contribution < -0.4 is 20.9 Å². The Morgan fingerprint density at radius 3 is 2.23 bits per heavy atom. The molecule has 1 aliphatic carbocycles. The highest BCUT2D eigenvalue weighted by molar-refractivity contribution is 7.99. The maximum atomic E-state index is 15.2. The van der Waals surface area contributed by atoms with Crippen molar-refractivity contribution in [2.24, 2.45) is 17.3 Å². The molecule has 6 aliphatic rings. The SMILES string of the molecule is C[C@@]1(CN2CCC(CN3CCC(Cn4ccc(=O)[nH]c4=O)CC3)CC2)CCC(c2ccc(Cl)cc2)=C(CN2CCN(c3ccc(C(=O)NS(=O)(=O)c4ccc5c(c4)S(=O)(C(F)(F)F)=[N+]5[C@H](CCN4CCCOCC4)CSc4ccccc4)cc3)CC2)C1. The van der Waals surface area contributed by atoms with E-state index in [1.165, 1.54) is 59.5 Å². The van der Waals surface area contributed by atoms with Crippen molar-refractivity contribution in [2.75, 3.05) is 115 Å². The van der Waals surface area contributed by atoms with Crippen molar-refractivity contribution in [2.45, 2.75) is 97.5 Å². The van der Waals surface area contributed by atoms with Crippen molar-refractivity contribution in [1.29, 1.82) is 0 Å². The number of amides is 1. The Bertz CT molecular complexity index is 3630. The normalized spacial score (nSPS) is 23.0. The van der Waals surface area contributed by atoms with E-state index in [9.17, 15) is 27.0 Å². The number of ether oxygens (including phenoxy) is 1. The molecule has 0 saturated carbocycles. The monoisotopic (exact) mass is 1270 g/mol. The molecule has 0 bridgehead atoms. The molecular weight excluding hydrogens is 1200 g/mol. The van der Waals surface area contributed by atoms with E-state index in [0.29, 0.717) is 49.7 Å². The van der Waals surface area contributed by atoms with Gasteiger partial charge in [0.2, 0.25) is 5.69 Å². The quantitative estimate of drug-likeness (QED) is 0.0560. The van der Waals surface area contributed by atoms with E-state index in [-0.39, 0.29) is 40.1 Å². The summed E-state index contributed by atoms with van der Waals surface area (Å²) in [7, 11) is -9.62. The van der Waals surface area contributed by atoms with Crippen molar-refractivity contribution in [3.05, 3.63) is 152 Å². The molecule has 23 heteroatoms. The molecule has 1 amide bonds. The molecule has 5 aliphatic heterocycles. The number of sulfonamides is 1. The maximum Gasteiger partial charge on any atom is 0.521 e. The number of H-pyrrole nitrogens is 1. The van der Waals surface area contributed by atoms with Gasteiger partial charge in [-0.2, -0.15) is 17.4 Å². The second-order valence-electron chi connectivity index (χ2n) is 24.8. The number of allylic oxidation sites excluding steroid dienone is 1. The average molecular weight is 1280 g/mol. The number of rotatable bonds is 20. The molecule has 6 heterocycles. The molecule has 0 spiro atoms. The zero-order valence-corrected chi connectivity index (χ0v) is 52.6. The number of thioether (sulfide) groups is 1. The molecular formula is C64H80ClF3N9O7S3+. The highest BCUT2D eigenvalue weighted by Gasteiger charge is 2.62. The Hall–Kier alpha value is -5.30. The smallest absolute Gasteiger partial charge is 0.380 e. The minimum atomic E-state index is -5.22. The molecule has 1 unspecified atom stereocenters. The van der Waals surface area contributed by atoms with Gasteiger partial charge in [0, 0.05) is 125 Å². The third kappa shape index (κ3) is 15.1. The summed E-state index contributed by atoms with van der Waals surface area (Å²) in [6.45, 7) is 16.5. The number of alkyl halides is 3. The molecule has 1 aromatic heterocycles. The fraction of sp³-hybridized carbons (Fsp3) is 0.516. The van der Waals surface area contributed by atoms with Gasteiger partial charge in [-0.3, -0.25) is 19.5 Å². The van der Waals surface area contributed by atoms with E-state index in [4.69, 9.17) is 16.3 Å². The lowest BCUT2D eigenvalue weighted by Crippen LogP contribution is -2.48. The summed E-state index contributed by atoms with van der Waals surface area (Å²) in [6, 6.07) is 28.1. The summed E-state index contributed by atoms with van der Waals surface area (Å²) in [5, 5.41) is 0.714. The average Bonchev–Trinajstić information content (AvgIpc) is 0.745. The molecule has 2 N–H and O–H groups in total. The lowest BCUT2D eigenvalue weighted by Gasteiger charge is -2.44. The summed E-state index contributed by atoms with van der Waals surface area (Å²) >= 11 is 7.76. The van der Waals surface area contributed by atoms with Crippen molar-refractivity contribution in [1.82, 2.24) is 33.9 Å². The van der Waals surface area contributed by atoms with Crippen LogP contribution in [0.15, 0.2) is 139 Å². The summed E-state index contributed by atoms with van der Waals surface area (Å²) < 4.78 is 98.0.